The van der Waals surface area contributed by atoms with Gasteiger partial charge < -0.3 is 15.1 Å². The van der Waals surface area contributed by atoms with Gasteiger partial charge in [-0.05, 0) is 73.1 Å². The molecule has 2 aliphatic rings. The standard InChI is InChI=1S/C26H31ClN6O/c1-18(2)24-16-32(26(34)30-21-12-10-20(27)11-13-21)14-15-33(24)25(29-17-28)31-23-9-5-7-19-6-3-4-8-22(19)23/h5,7,9-13,18,24H,3-4,6,8,14-16H2,1-2H3,(H,29,31)(H,30,34). The van der Waals surface area contributed by atoms with Crippen LogP contribution < -0.4 is 10.6 Å². The fraction of sp³-hybridized carbons (Fsp3) is 0.423. The minimum Gasteiger partial charge on any atom is -0.335 e. The average Bonchev–Trinajstić information content (AvgIpc) is 2.85. The van der Waals surface area contributed by atoms with E-state index in [2.05, 4.69) is 41.6 Å². The Balaban J connectivity index is 1.54. The molecule has 1 fully saturated rings. The molecule has 2 aromatic carbocycles. The number of urea groups is 1. The van der Waals surface area contributed by atoms with Crippen LogP contribution in [0.25, 0.3) is 0 Å². The Bertz CT molecular complexity index is 1090. The van der Waals surface area contributed by atoms with Gasteiger partial charge in [-0.2, -0.15) is 5.26 Å². The van der Waals surface area contributed by atoms with Crippen LogP contribution in [-0.4, -0.2) is 47.5 Å². The van der Waals surface area contributed by atoms with Crippen LogP contribution in [0.15, 0.2) is 47.5 Å². The number of halogens is 1. The third-order valence-electron chi connectivity index (χ3n) is 6.61. The predicted octanol–water partition coefficient (Wildman–Crippen LogP) is 5.15. The molecule has 2 N–H and O–H groups in total. The molecule has 4 rings (SSSR count). The zero-order chi connectivity index (χ0) is 24.1. The second kappa shape index (κ2) is 10.8. The molecule has 0 spiro atoms. The number of hydrogen-bond acceptors (Lipinski definition) is 3. The smallest absolute Gasteiger partial charge is 0.321 e. The molecule has 0 aromatic heterocycles. The van der Waals surface area contributed by atoms with E-state index in [4.69, 9.17) is 16.6 Å². The van der Waals surface area contributed by atoms with E-state index in [0.717, 1.165) is 24.9 Å². The van der Waals surface area contributed by atoms with Crippen molar-refractivity contribution in [2.45, 2.75) is 45.6 Å². The number of nitrogens with zero attached hydrogens (tertiary/aromatic N) is 4. The van der Waals surface area contributed by atoms with Crippen molar-refractivity contribution < 1.29 is 4.79 Å². The Morgan fingerprint density at radius 2 is 1.91 bits per heavy atom. The second-order valence-corrected chi connectivity index (χ2v) is 9.62. The molecule has 7 nitrogen and oxygen atoms in total. The molecule has 1 aliphatic carbocycles. The van der Waals surface area contributed by atoms with Gasteiger partial charge in [-0.1, -0.05) is 37.6 Å². The fourth-order valence-corrected chi connectivity index (χ4v) is 4.88. The molecule has 2 amide bonds. The molecule has 0 saturated carbocycles. The molecule has 1 heterocycles. The summed E-state index contributed by atoms with van der Waals surface area (Å²) in [6.45, 7) is 5.91. The Labute approximate surface area is 206 Å². The SMILES string of the molecule is CC(C)C1CN(C(=O)Nc2ccc(Cl)cc2)CCN1C(=Nc1cccc2c1CCCC2)NC#N. The molecule has 1 saturated heterocycles. The number of aliphatic imine (C=N–C) groups is 1. The van der Waals surface area contributed by atoms with E-state index in [1.165, 1.54) is 17.5 Å². The van der Waals surface area contributed by atoms with Crippen LogP contribution in [0.1, 0.15) is 37.8 Å². The van der Waals surface area contributed by atoms with Crippen molar-refractivity contribution in [3.63, 3.8) is 0 Å². The highest BCUT2D eigenvalue weighted by atomic mass is 35.5. The van der Waals surface area contributed by atoms with Crippen molar-refractivity contribution in [3.05, 3.63) is 58.6 Å². The van der Waals surface area contributed by atoms with Crippen LogP contribution in [0.4, 0.5) is 16.2 Å². The summed E-state index contributed by atoms with van der Waals surface area (Å²) in [6.07, 6.45) is 6.53. The Hall–Kier alpha value is -3.24. The summed E-state index contributed by atoms with van der Waals surface area (Å²) < 4.78 is 0. The summed E-state index contributed by atoms with van der Waals surface area (Å²) in [5, 5.41) is 15.9. The molecule has 1 atom stereocenters. The number of nitrogens with one attached hydrogen (secondary N) is 2. The summed E-state index contributed by atoms with van der Waals surface area (Å²) in [5.74, 6) is 0.805. The number of nitriles is 1. The zero-order valence-corrected chi connectivity index (χ0v) is 20.5. The number of benzene rings is 2. The van der Waals surface area contributed by atoms with Gasteiger partial charge >= 0.3 is 6.03 Å². The topological polar surface area (TPSA) is 83.8 Å². The fourth-order valence-electron chi connectivity index (χ4n) is 4.76. The van der Waals surface area contributed by atoms with E-state index in [0.29, 0.717) is 36.3 Å². The number of hydrogen-bond donors (Lipinski definition) is 2. The van der Waals surface area contributed by atoms with E-state index < -0.39 is 0 Å². The monoisotopic (exact) mass is 478 g/mol. The van der Waals surface area contributed by atoms with Crippen molar-refractivity contribution >= 4 is 35.0 Å². The average molecular weight is 479 g/mol. The van der Waals surface area contributed by atoms with Crippen LogP contribution >= 0.6 is 11.6 Å². The van der Waals surface area contributed by atoms with Gasteiger partial charge in [-0.3, -0.25) is 5.32 Å². The third kappa shape index (κ3) is 5.45. The number of amides is 2. The summed E-state index contributed by atoms with van der Waals surface area (Å²) >= 11 is 5.95. The third-order valence-corrected chi connectivity index (χ3v) is 6.86. The van der Waals surface area contributed by atoms with Gasteiger partial charge in [0.2, 0.25) is 5.96 Å². The van der Waals surface area contributed by atoms with Crippen LogP contribution in [0.3, 0.4) is 0 Å². The van der Waals surface area contributed by atoms with Gasteiger partial charge in [0.15, 0.2) is 6.19 Å². The van der Waals surface area contributed by atoms with Gasteiger partial charge in [-0.25, -0.2) is 9.79 Å². The van der Waals surface area contributed by atoms with Crippen LogP contribution in [0, 0.1) is 17.4 Å². The number of carbonyl (C=O) groups excluding carboxylic acids is 1. The molecule has 1 aliphatic heterocycles. The lowest BCUT2D eigenvalue weighted by molar-refractivity contribution is 0.118. The van der Waals surface area contributed by atoms with E-state index in [9.17, 15) is 10.1 Å². The number of rotatable bonds is 3. The molecule has 34 heavy (non-hydrogen) atoms. The number of fused-ring (bicyclic) bond motifs is 1. The van der Waals surface area contributed by atoms with Crippen LogP contribution in [0.5, 0.6) is 0 Å². The maximum Gasteiger partial charge on any atom is 0.321 e. The summed E-state index contributed by atoms with van der Waals surface area (Å²) in [6, 6.07) is 13.2. The Morgan fingerprint density at radius 3 is 2.65 bits per heavy atom. The lowest BCUT2D eigenvalue weighted by atomic mass is 9.90. The van der Waals surface area contributed by atoms with Gasteiger partial charge in [0.1, 0.15) is 0 Å². The molecule has 178 valence electrons. The molecular formula is C26H31ClN6O. The van der Waals surface area contributed by atoms with Crippen LogP contribution in [-0.2, 0) is 12.8 Å². The van der Waals surface area contributed by atoms with Gasteiger partial charge in [0.25, 0.3) is 0 Å². The van der Waals surface area contributed by atoms with Gasteiger partial charge in [0, 0.05) is 30.3 Å². The molecule has 2 aromatic rings. The first-order valence-electron chi connectivity index (χ1n) is 11.9. The van der Waals surface area contributed by atoms with Gasteiger partial charge in [0.05, 0.1) is 11.7 Å². The molecule has 0 bridgehead atoms. The Morgan fingerprint density at radius 1 is 1.15 bits per heavy atom. The first-order chi connectivity index (χ1) is 16.5. The van der Waals surface area contributed by atoms with E-state index in [1.54, 1.807) is 24.3 Å². The van der Waals surface area contributed by atoms with Gasteiger partial charge in [-0.15, -0.1) is 0 Å². The Kier molecular flexibility index (Phi) is 7.59. The summed E-state index contributed by atoms with van der Waals surface area (Å²) in [4.78, 5) is 21.8. The molecule has 0 radical (unpaired) electrons. The summed E-state index contributed by atoms with van der Waals surface area (Å²) in [7, 11) is 0. The molecule has 1 unspecified atom stereocenters. The normalized spacial score (nSPS) is 18.3. The van der Waals surface area contributed by atoms with Crippen molar-refractivity contribution in [1.29, 1.82) is 5.26 Å². The minimum absolute atomic E-state index is 0.0175. The quantitative estimate of drug-likeness (QED) is 0.276. The number of guanidine groups is 1. The lowest BCUT2D eigenvalue weighted by Crippen LogP contribution is -2.60. The van der Waals surface area contributed by atoms with Crippen molar-refractivity contribution in [2.75, 3.05) is 25.0 Å². The predicted molar refractivity (Wildman–Crippen MR) is 136 cm³/mol. The number of carbonyl (C=O) groups is 1. The first-order valence-corrected chi connectivity index (χ1v) is 12.3. The molecule has 8 heteroatoms. The highest BCUT2D eigenvalue weighted by molar-refractivity contribution is 6.30. The highest BCUT2D eigenvalue weighted by Gasteiger charge is 2.34. The van der Waals surface area contributed by atoms with Crippen molar-refractivity contribution in [3.8, 4) is 6.19 Å². The number of piperazine rings is 1. The maximum atomic E-state index is 12.9. The number of anilines is 1. The van der Waals surface area contributed by atoms with Crippen molar-refractivity contribution in [1.82, 2.24) is 15.1 Å². The maximum absolute atomic E-state index is 12.9. The lowest BCUT2D eigenvalue weighted by Gasteiger charge is -2.44. The van der Waals surface area contributed by atoms with E-state index in [1.807, 2.05) is 17.0 Å². The minimum atomic E-state index is -0.142. The zero-order valence-electron chi connectivity index (χ0n) is 19.7. The largest absolute Gasteiger partial charge is 0.335 e. The number of aryl methyl sites for hydroxylation is 1. The van der Waals surface area contributed by atoms with E-state index >= 15 is 0 Å². The highest BCUT2D eigenvalue weighted by Crippen LogP contribution is 2.30. The second-order valence-electron chi connectivity index (χ2n) is 9.18. The first kappa shape index (κ1) is 23.9. The van der Waals surface area contributed by atoms with Crippen LogP contribution in [0.2, 0.25) is 5.02 Å². The summed E-state index contributed by atoms with van der Waals surface area (Å²) in [5.41, 5.74) is 4.28. The molecular weight excluding hydrogens is 448 g/mol. The van der Waals surface area contributed by atoms with E-state index in [-0.39, 0.29) is 18.0 Å². The van der Waals surface area contributed by atoms with Crippen molar-refractivity contribution in [2.24, 2.45) is 10.9 Å².